The number of anilines is 2. The lowest BCUT2D eigenvalue weighted by Gasteiger charge is -1.97. The first-order valence-corrected chi connectivity index (χ1v) is 5.67. The normalized spacial score (nSPS) is 10.2. The predicted molar refractivity (Wildman–Crippen MR) is 66.1 cm³/mol. The molecule has 0 spiro atoms. The smallest absolute Gasteiger partial charge is 0.183 e. The third-order valence-corrected chi connectivity index (χ3v) is 3.03. The Balaban J connectivity index is 2.25. The molecule has 15 heavy (non-hydrogen) atoms. The van der Waals surface area contributed by atoms with Crippen LogP contribution >= 0.6 is 11.3 Å². The molecule has 1 aromatic carbocycles. The Morgan fingerprint density at radius 1 is 1.33 bits per heavy atom. The van der Waals surface area contributed by atoms with Gasteiger partial charge in [-0.1, -0.05) is 23.5 Å². The highest BCUT2D eigenvalue weighted by Gasteiger charge is 2.02. The van der Waals surface area contributed by atoms with Crippen LogP contribution < -0.4 is 11.1 Å². The molecule has 0 radical (unpaired) electrons. The minimum atomic E-state index is 0.787. The maximum atomic E-state index is 5.63. The number of nitrogens with one attached hydrogen (secondary N) is 1. The van der Waals surface area contributed by atoms with E-state index in [0.717, 1.165) is 27.8 Å². The van der Waals surface area contributed by atoms with Gasteiger partial charge in [-0.25, -0.2) is 4.98 Å². The molecule has 0 aliphatic carbocycles. The zero-order valence-electron chi connectivity index (χ0n) is 8.53. The van der Waals surface area contributed by atoms with E-state index in [1.807, 2.05) is 30.5 Å². The molecule has 0 atom stereocenters. The number of aromatic nitrogens is 1. The average molecular weight is 219 g/mol. The predicted octanol–water partition coefficient (Wildman–Crippen LogP) is 2.82. The fraction of sp³-hybridized carbons (Fsp3) is 0.182. The zero-order valence-corrected chi connectivity index (χ0v) is 9.34. The van der Waals surface area contributed by atoms with Crippen LogP contribution in [0.15, 0.2) is 30.5 Å². The van der Waals surface area contributed by atoms with E-state index in [-0.39, 0.29) is 0 Å². The van der Waals surface area contributed by atoms with Crippen molar-refractivity contribution in [1.82, 2.24) is 4.98 Å². The summed E-state index contributed by atoms with van der Waals surface area (Å²) in [6.45, 7) is 2.96. The van der Waals surface area contributed by atoms with E-state index < -0.39 is 0 Å². The van der Waals surface area contributed by atoms with E-state index >= 15 is 0 Å². The number of hydrogen-bond acceptors (Lipinski definition) is 4. The van der Waals surface area contributed by atoms with E-state index in [1.54, 1.807) is 11.3 Å². The van der Waals surface area contributed by atoms with Crippen LogP contribution in [0.3, 0.4) is 0 Å². The lowest BCUT2D eigenvalue weighted by molar-refractivity contribution is 1.19. The van der Waals surface area contributed by atoms with Gasteiger partial charge in [0.1, 0.15) is 0 Å². The molecular weight excluding hydrogens is 206 g/mol. The Kier molecular flexibility index (Phi) is 2.87. The van der Waals surface area contributed by atoms with Crippen molar-refractivity contribution in [2.75, 3.05) is 17.6 Å². The molecule has 0 bridgehead atoms. The Bertz CT molecular complexity index is 433. The van der Waals surface area contributed by atoms with Gasteiger partial charge in [-0.15, -0.1) is 0 Å². The van der Waals surface area contributed by atoms with Crippen molar-refractivity contribution in [3.8, 4) is 10.4 Å². The van der Waals surface area contributed by atoms with Crippen LogP contribution in [-0.4, -0.2) is 11.5 Å². The van der Waals surface area contributed by atoms with Crippen molar-refractivity contribution in [2.45, 2.75) is 6.92 Å². The molecule has 0 amide bonds. The molecule has 2 aromatic rings. The number of nitrogens with zero attached hydrogens (tertiary/aromatic N) is 1. The lowest BCUT2D eigenvalue weighted by atomic mass is 10.2. The van der Waals surface area contributed by atoms with Crippen LogP contribution in [0.25, 0.3) is 10.4 Å². The molecule has 3 N–H and O–H groups in total. The quantitative estimate of drug-likeness (QED) is 0.780. The van der Waals surface area contributed by atoms with E-state index in [2.05, 4.69) is 17.2 Å². The summed E-state index contributed by atoms with van der Waals surface area (Å²) >= 11 is 1.65. The number of nitrogen functional groups attached to an aromatic ring is 1. The molecule has 0 saturated heterocycles. The van der Waals surface area contributed by atoms with Gasteiger partial charge in [0.2, 0.25) is 0 Å². The Labute approximate surface area is 93.0 Å². The van der Waals surface area contributed by atoms with Gasteiger partial charge in [0.25, 0.3) is 0 Å². The van der Waals surface area contributed by atoms with Crippen LogP contribution in [0.4, 0.5) is 10.8 Å². The van der Waals surface area contributed by atoms with Gasteiger partial charge in [-0.05, 0) is 24.6 Å². The molecule has 0 saturated carbocycles. The molecule has 0 aliphatic heterocycles. The summed E-state index contributed by atoms with van der Waals surface area (Å²) in [5.74, 6) is 0. The molecule has 2 rings (SSSR count). The van der Waals surface area contributed by atoms with E-state index in [1.165, 1.54) is 0 Å². The minimum Gasteiger partial charge on any atom is -0.399 e. The van der Waals surface area contributed by atoms with Gasteiger partial charge in [-0.2, -0.15) is 0 Å². The van der Waals surface area contributed by atoms with Crippen molar-refractivity contribution in [3.63, 3.8) is 0 Å². The number of benzene rings is 1. The first-order chi connectivity index (χ1) is 7.29. The second-order valence-electron chi connectivity index (χ2n) is 3.18. The average Bonchev–Trinajstić information content (AvgIpc) is 2.68. The standard InChI is InChI=1S/C11H13N3S/c1-2-13-11-14-7-10(15-11)8-3-5-9(12)6-4-8/h3-7H,2,12H2,1H3,(H,13,14). The van der Waals surface area contributed by atoms with Crippen molar-refractivity contribution >= 4 is 22.2 Å². The summed E-state index contributed by atoms with van der Waals surface area (Å²) in [5, 5.41) is 4.15. The first kappa shape index (κ1) is 9.98. The Morgan fingerprint density at radius 2 is 2.07 bits per heavy atom. The molecule has 0 aliphatic rings. The summed E-state index contributed by atoms with van der Waals surface area (Å²) in [6.07, 6.45) is 1.88. The van der Waals surface area contributed by atoms with Crippen molar-refractivity contribution < 1.29 is 0 Å². The Morgan fingerprint density at radius 3 is 2.73 bits per heavy atom. The fourth-order valence-corrected chi connectivity index (χ4v) is 2.18. The van der Waals surface area contributed by atoms with Gasteiger partial charge in [0.05, 0.1) is 4.88 Å². The van der Waals surface area contributed by atoms with Crippen LogP contribution in [0.2, 0.25) is 0 Å². The Hall–Kier alpha value is -1.55. The maximum Gasteiger partial charge on any atom is 0.183 e. The molecule has 0 unspecified atom stereocenters. The van der Waals surface area contributed by atoms with Crippen molar-refractivity contribution in [3.05, 3.63) is 30.5 Å². The largest absolute Gasteiger partial charge is 0.399 e. The third-order valence-electron chi connectivity index (χ3n) is 2.03. The number of rotatable bonds is 3. The molecule has 1 aromatic heterocycles. The van der Waals surface area contributed by atoms with Gasteiger partial charge in [-0.3, -0.25) is 0 Å². The van der Waals surface area contributed by atoms with Crippen molar-refractivity contribution in [2.24, 2.45) is 0 Å². The van der Waals surface area contributed by atoms with E-state index in [0.29, 0.717) is 0 Å². The van der Waals surface area contributed by atoms with Gasteiger partial charge < -0.3 is 11.1 Å². The third kappa shape index (κ3) is 2.27. The van der Waals surface area contributed by atoms with Gasteiger partial charge in [0, 0.05) is 18.4 Å². The molecule has 0 fully saturated rings. The SMILES string of the molecule is CCNc1ncc(-c2ccc(N)cc2)s1. The van der Waals surface area contributed by atoms with Gasteiger partial charge in [0.15, 0.2) is 5.13 Å². The molecular formula is C11H13N3S. The van der Waals surface area contributed by atoms with Gasteiger partial charge >= 0.3 is 0 Å². The summed E-state index contributed by atoms with van der Waals surface area (Å²) in [4.78, 5) is 5.44. The van der Waals surface area contributed by atoms with Crippen LogP contribution in [0, 0.1) is 0 Å². The van der Waals surface area contributed by atoms with E-state index in [9.17, 15) is 0 Å². The summed E-state index contributed by atoms with van der Waals surface area (Å²) in [7, 11) is 0. The van der Waals surface area contributed by atoms with Crippen molar-refractivity contribution in [1.29, 1.82) is 0 Å². The number of hydrogen-bond donors (Lipinski definition) is 2. The molecule has 78 valence electrons. The minimum absolute atomic E-state index is 0.787. The highest BCUT2D eigenvalue weighted by atomic mass is 32.1. The monoisotopic (exact) mass is 219 g/mol. The summed E-state index contributed by atoms with van der Waals surface area (Å²) < 4.78 is 0. The second-order valence-corrected chi connectivity index (χ2v) is 4.21. The summed E-state index contributed by atoms with van der Waals surface area (Å²) in [6, 6.07) is 7.83. The second kappa shape index (κ2) is 4.31. The first-order valence-electron chi connectivity index (χ1n) is 4.85. The number of nitrogens with two attached hydrogens (primary N) is 1. The van der Waals surface area contributed by atoms with Crippen LogP contribution in [-0.2, 0) is 0 Å². The highest BCUT2D eigenvalue weighted by molar-refractivity contribution is 7.18. The number of thiazole rings is 1. The molecule has 1 heterocycles. The van der Waals surface area contributed by atoms with E-state index in [4.69, 9.17) is 5.73 Å². The fourth-order valence-electron chi connectivity index (χ4n) is 1.29. The van der Waals surface area contributed by atoms with Crippen LogP contribution in [0.5, 0.6) is 0 Å². The highest BCUT2D eigenvalue weighted by Crippen LogP contribution is 2.29. The molecule has 4 heteroatoms. The zero-order chi connectivity index (χ0) is 10.7. The topological polar surface area (TPSA) is 50.9 Å². The molecule has 3 nitrogen and oxygen atoms in total. The van der Waals surface area contributed by atoms with Crippen LogP contribution in [0.1, 0.15) is 6.92 Å². The maximum absolute atomic E-state index is 5.63. The lowest BCUT2D eigenvalue weighted by Crippen LogP contribution is -1.94. The summed E-state index contributed by atoms with van der Waals surface area (Å²) in [5.41, 5.74) is 7.58.